The molecule has 0 saturated heterocycles. The SMILES string of the molecule is NC[C@]1(O)CC[C@H](n2cc(-c3ccc(Oc4ccccc4)cc3)c3c(N)ncnc32)CC1. The molecule has 5 N–H and O–H groups in total. The molecule has 2 aromatic carbocycles. The monoisotopic (exact) mass is 429 g/mol. The zero-order valence-electron chi connectivity index (χ0n) is 17.8. The molecule has 5 rings (SSSR count). The molecule has 1 aliphatic rings. The number of para-hydroxylation sites is 1. The van der Waals surface area contributed by atoms with Crippen LogP contribution in [0, 0.1) is 0 Å². The van der Waals surface area contributed by atoms with Gasteiger partial charge in [0, 0.05) is 24.3 Å². The van der Waals surface area contributed by atoms with Crippen LogP contribution in [0.3, 0.4) is 0 Å². The molecule has 0 aliphatic heterocycles. The molecular formula is C25H27N5O2. The van der Waals surface area contributed by atoms with Gasteiger partial charge in [-0.15, -0.1) is 0 Å². The molecule has 0 radical (unpaired) electrons. The number of nitrogens with zero attached hydrogens (tertiary/aromatic N) is 3. The van der Waals surface area contributed by atoms with E-state index in [4.69, 9.17) is 16.2 Å². The van der Waals surface area contributed by atoms with E-state index in [0.29, 0.717) is 25.2 Å². The average Bonchev–Trinajstić information content (AvgIpc) is 3.22. The van der Waals surface area contributed by atoms with Crippen LogP contribution in [0.25, 0.3) is 22.2 Å². The zero-order valence-corrected chi connectivity index (χ0v) is 17.8. The molecule has 7 nitrogen and oxygen atoms in total. The zero-order chi connectivity index (χ0) is 22.1. The maximum Gasteiger partial charge on any atom is 0.146 e. The molecule has 1 fully saturated rings. The van der Waals surface area contributed by atoms with Crippen LogP contribution >= 0.6 is 0 Å². The number of aliphatic hydroxyl groups is 1. The largest absolute Gasteiger partial charge is 0.457 e. The summed E-state index contributed by atoms with van der Waals surface area (Å²) in [5, 5.41) is 11.4. The predicted octanol–water partition coefficient (Wildman–Crippen LogP) is 4.28. The number of hydrogen-bond acceptors (Lipinski definition) is 6. The topological polar surface area (TPSA) is 112 Å². The van der Waals surface area contributed by atoms with Crippen LogP contribution in [0.2, 0.25) is 0 Å². The highest BCUT2D eigenvalue weighted by molar-refractivity contribution is 6.00. The lowest BCUT2D eigenvalue weighted by atomic mass is 9.82. The molecule has 7 heteroatoms. The molecule has 0 bridgehead atoms. The van der Waals surface area contributed by atoms with E-state index in [0.717, 1.165) is 46.5 Å². The fraction of sp³-hybridized carbons (Fsp3) is 0.280. The van der Waals surface area contributed by atoms with E-state index < -0.39 is 5.60 Å². The van der Waals surface area contributed by atoms with Gasteiger partial charge in [0.05, 0.1) is 11.0 Å². The highest BCUT2D eigenvalue weighted by atomic mass is 16.5. The third-order valence-electron chi connectivity index (χ3n) is 6.44. The summed E-state index contributed by atoms with van der Waals surface area (Å²) in [6, 6.07) is 17.9. The van der Waals surface area contributed by atoms with E-state index >= 15 is 0 Å². The van der Waals surface area contributed by atoms with Gasteiger partial charge < -0.3 is 25.9 Å². The molecule has 0 spiro atoms. The first kappa shape index (κ1) is 20.5. The quantitative estimate of drug-likeness (QED) is 0.437. The van der Waals surface area contributed by atoms with Crippen molar-refractivity contribution in [1.29, 1.82) is 0 Å². The molecule has 1 saturated carbocycles. The summed E-state index contributed by atoms with van der Waals surface area (Å²) in [6.45, 7) is 0.296. The molecule has 0 atom stereocenters. The second kappa shape index (κ2) is 8.26. The predicted molar refractivity (Wildman–Crippen MR) is 125 cm³/mol. The van der Waals surface area contributed by atoms with Gasteiger partial charge in [0.1, 0.15) is 29.3 Å². The summed E-state index contributed by atoms with van der Waals surface area (Å²) in [5.74, 6) is 2.02. The summed E-state index contributed by atoms with van der Waals surface area (Å²) in [7, 11) is 0. The van der Waals surface area contributed by atoms with E-state index in [1.54, 1.807) is 0 Å². The highest BCUT2D eigenvalue weighted by Gasteiger charge is 2.33. The van der Waals surface area contributed by atoms with Crippen molar-refractivity contribution in [2.75, 3.05) is 12.3 Å². The van der Waals surface area contributed by atoms with Crippen LogP contribution in [0.15, 0.2) is 67.1 Å². The van der Waals surface area contributed by atoms with Crippen LogP contribution < -0.4 is 16.2 Å². The van der Waals surface area contributed by atoms with E-state index in [2.05, 4.69) is 20.7 Å². The van der Waals surface area contributed by atoms with Crippen LogP contribution in [0.1, 0.15) is 31.7 Å². The number of fused-ring (bicyclic) bond motifs is 1. The lowest BCUT2D eigenvalue weighted by Crippen LogP contribution is -2.41. The molecule has 4 aromatic rings. The van der Waals surface area contributed by atoms with Gasteiger partial charge in [-0.3, -0.25) is 0 Å². The van der Waals surface area contributed by atoms with Crippen molar-refractivity contribution in [1.82, 2.24) is 14.5 Å². The Bertz CT molecular complexity index is 1210. The Morgan fingerprint density at radius 3 is 2.38 bits per heavy atom. The number of rotatable bonds is 5. The Balaban J connectivity index is 1.48. The number of hydrogen-bond donors (Lipinski definition) is 3. The number of anilines is 1. The van der Waals surface area contributed by atoms with Crippen molar-refractivity contribution in [2.24, 2.45) is 5.73 Å². The minimum atomic E-state index is -0.759. The fourth-order valence-electron chi connectivity index (χ4n) is 4.55. The van der Waals surface area contributed by atoms with E-state index in [-0.39, 0.29) is 6.04 Å². The van der Waals surface area contributed by atoms with Gasteiger partial charge in [0.2, 0.25) is 0 Å². The van der Waals surface area contributed by atoms with Crippen LogP contribution in [-0.4, -0.2) is 31.8 Å². The van der Waals surface area contributed by atoms with Crippen molar-refractivity contribution in [3.63, 3.8) is 0 Å². The van der Waals surface area contributed by atoms with Gasteiger partial charge in [0.15, 0.2) is 0 Å². The lowest BCUT2D eigenvalue weighted by Gasteiger charge is -2.35. The van der Waals surface area contributed by atoms with Gasteiger partial charge >= 0.3 is 0 Å². The third-order valence-corrected chi connectivity index (χ3v) is 6.44. The van der Waals surface area contributed by atoms with E-state index in [9.17, 15) is 5.11 Å². The maximum absolute atomic E-state index is 10.5. The second-order valence-corrected chi connectivity index (χ2v) is 8.51. The fourth-order valence-corrected chi connectivity index (χ4v) is 4.55. The molecule has 2 heterocycles. The number of benzene rings is 2. The van der Waals surface area contributed by atoms with E-state index in [1.807, 2.05) is 54.6 Å². The van der Waals surface area contributed by atoms with Gasteiger partial charge in [-0.05, 0) is 55.5 Å². The average molecular weight is 430 g/mol. The number of nitrogens with two attached hydrogens (primary N) is 2. The summed E-state index contributed by atoms with van der Waals surface area (Å²) in [4.78, 5) is 8.79. The molecule has 0 amide bonds. The van der Waals surface area contributed by atoms with Gasteiger partial charge in [0.25, 0.3) is 0 Å². The van der Waals surface area contributed by atoms with Crippen molar-refractivity contribution in [3.8, 4) is 22.6 Å². The third kappa shape index (κ3) is 3.81. The molecule has 32 heavy (non-hydrogen) atoms. The first-order valence-electron chi connectivity index (χ1n) is 10.9. The molecule has 2 aromatic heterocycles. The standard InChI is InChI=1S/C25H27N5O2/c26-15-25(31)12-10-18(11-13-25)30-14-21(22-23(27)28-16-29-24(22)30)17-6-8-20(9-7-17)32-19-4-2-1-3-5-19/h1-9,14,16,18,31H,10-13,15,26H2,(H2,27,28,29)/t18-,25-. The van der Waals surface area contributed by atoms with Crippen molar-refractivity contribution < 1.29 is 9.84 Å². The molecular weight excluding hydrogens is 402 g/mol. The number of ether oxygens (including phenoxy) is 1. The Kier molecular flexibility index (Phi) is 5.28. The minimum Gasteiger partial charge on any atom is -0.457 e. The smallest absolute Gasteiger partial charge is 0.146 e. The first-order chi connectivity index (χ1) is 15.6. The summed E-state index contributed by atoms with van der Waals surface area (Å²) >= 11 is 0. The van der Waals surface area contributed by atoms with Crippen LogP contribution in [0.4, 0.5) is 5.82 Å². The first-order valence-corrected chi connectivity index (χ1v) is 10.9. The van der Waals surface area contributed by atoms with Gasteiger partial charge in [-0.1, -0.05) is 30.3 Å². The Labute approximate surface area is 186 Å². The second-order valence-electron chi connectivity index (χ2n) is 8.51. The minimum absolute atomic E-state index is 0.230. The van der Waals surface area contributed by atoms with E-state index in [1.165, 1.54) is 6.33 Å². The molecule has 164 valence electrons. The summed E-state index contributed by atoms with van der Waals surface area (Å²) in [5.41, 5.74) is 14.1. The molecule has 1 aliphatic carbocycles. The maximum atomic E-state index is 10.5. The summed E-state index contributed by atoms with van der Waals surface area (Å²) < 4.78 is 8.11. The van der Waals surface area contributed by atoms with Crippen LogP contribution in [0.5, 0.6) is 11.5 Å². The van der Waals surface area contributed by atoms with Crippen molar-refractivity contribution >= 4 is 16.9 Å². The Morgan fingerprint density at radius 2 is 1.69 bits per heavy atom. The molecule has 0 unspecified atom stereocenters. The highest BCUT2D eigenvalue weighted by Crippen LogP contribution is 2.40. The summed E-state index contributed by atoms with van der Waals surface area (Å²) in [6.07, 6.45) is 6.65. The van der Waals surface area contributed by atoms with Gasteiger partial charge in [-0.2, -0.15) is 0 Å². The normalized spacial score (nSPS) is 21.0. The van der Waals surface area contributed by atoms with Crippen LogP contribution in [-0.2, 0) is 0 Å². The Morgan fingerprint density at radius 1 is 1.00 bits per heavy atom. The van der Waals surface area contributed by atoms with Crippen molar-refractivity contribution in [3.05, 3.63) is 67.1 Å². The lowest BCUT2D eigenvalue weighted by molar-refractivity contribution is 0.00127. The Hall–Kier alpha value is -3.42. The number of nitrogen functional groups attached to an aromatic ring is 1. The number of aromatic nitrogens is 3. The van der Waals surface area contributed by atoms with Crippen molar-refractivity contribution in [2.45, 2.75) is 37.3 Å². The van der Waals surface area contributed by atoms with Gasteiger partial charge in [-0.25, -0.2) is 9.97 Å².